The lowest BCUT2D eigenvalue weighted by Crippen LogP contribution is -2.14. The third-order valence-electron chi connectivity index (χ3n) is 5.35. The van der Waals surface area contributed by atoms with E-state index in [-0.39, 0.29) is 5.92 Å². The lowest BCUT2D eigenvalue weighted by atomic mass is 9.85. The van der Waals surface area contributed by atoms with Crippen molar-refractivity contribution in [1.29, 1.82) is 0 Å². The quantitative estimate of drug-likeness (QED) is 0.696. The molecule has 5 rings (SSSR count). The molecule has 1 aliphatic heterocycles. The second-order valence-electron chi connectivity index (χ2n) is 6.58. The molecular formula is C22H16O3. The van der Waals surface area contributed by atoms with Crippen LogP contribution in [0.5, 0.6) is 5.75 Å². The van der Waals surface area contributed by atoms with Crippen LogP contribution in [0, 0.1) is 0 Å². The highest BCUT2D eigenvalue weighted by Gasteiger charge is 2.35. The van der Waals surface area contributed by atoms with Crippen LogP contribution in [0.1, 0.15) is 29.5 Å². The van der Waals surface area contributed by atoms with Gasteiger partial charge < -0.3 is 9.84 Å². The fraction of sp³-hybridized carbons (Fsp3) is 0.136. The number of aliphatic carboxylic acids is 1. The second-order valence-corrected chi connectivity index (χ2v) is 6.58. The van der Waals surface area contributed by atoms with Gasteiger partial charge in [-0.25, -0.2) is 4.79 Å². The van der Waals surface area contributed by atoms with Crippen LogP contribution in [0.25, 0.3) is 27.5 Å². The molecule has 0 amide bonds. The van der Waals surface area contributed by atoms with Crippen molar-refractivity contribution in [2.45, 2.75) is 12.8 Å². The van der Waals surface area contributed by atoms with E-state index in [4.69, 9.17) is 4.74 Å². The minimum atomic E-state index is -0.898. The van der Waals surface area contributed by atoms with E-state index in [0.717, 1.165) is 27.5 Å². The van der Waals surface area contributed by atoms with Crippen molar-refractivity contribution in [2.24, 2.45) is 0 Å². The first-order chi connectivity index (χ1) is 12.2. The van der Waals surface area contributed by atoms with E-state index >= 15 is 0 Å². The van der Waals surface area contributed by atoms with Gasteiger partial charge in [0, 0.05) is 16.9 Å². The van der Waals surface area contributed by atoms with Gasteiger partial charge in [0.25, 0.3) is 0 Å². The molecule has 1 aliphatic carbocycles. The summed E-state index contributed by atoms with van der Waals surface area (Å²) in [5.41, 5.74) is 5.75. The maximum absolute atomic E-state index is 11.9. The van der Waals surface area contributed by atoms with Crippen LogP contribution in [-0.2, 0) is 4.79 Å². The standard InChI is InChI=1S/C22H16O3/c1-12-13-6-2-3-7-14(13)19-15-8-4-5-9-16(15)21-20(18(12)19)17(22(23)24)10-11-25-21/h2-10,12H,11H2,1H3,(H,23,24). The minimum Gasteiger partial charge on any atom is -0.488 e. The van der Waals surface area contributed by atoms with Gasteiger partial charge in [-0.05, 0) is 33.7 Å². The molecule has 1 N–H and O–H groups in total. The Bertz CT molecular complexity index is 1090. The Hall–Kier alpha value is -3.07. The van der Waals surface area contributed by atoms with Gasteiger partial charge in [0.1, 0.15) is 12.4 Å². The van der Waals surface area contributed by atoms with E-state index in [0.29, 0.717) is 17.9 Å². The van der Waals surface area contributed by atoms with Gasteiger partial charge in [-0.15, -0.1) is 0 Å². The first-order valence-electron chi connectivity index (χ1n) is 8.43. The van der Waals surface area contributed by atoms with Crippen LogP contribution in [-0.4, -0.2) is 17.7 Å². The fourth-order valence-corrected chi connectivity index (χ4v) is 4.33. The normalized spacial score (nSPS) is 17.3. The van der Waals surface area contributed by atoms with Crippen LogP contribution in [0.2, 0.25) is 0 Å². The molecule has 3 heteroatoms. The van der Waals surface area contributed by atoms with Gasteiger partial charge >= 0.3 is 5.97 Å². The SMILES string of the molecule is CC1c2ccccc2-c2c1c1c(c3ccccc23)OCC=C1C(=O)O. The maximum Gasteiger partial charge on any atom is 0.336 e. The third kappa shape index (κ3) is 1.78. The topological polar surface area (TPSA) is 46.5 Å². The first-order valence-corrected chi connectivity index (χ1v) is 8.43. The number of hydrogen-bond donors (Lipinski definition) is 1. The molecular weight excluding hydrogens is 312 g/mol. The smallest absolute Gasteiger partial charge is 0.336 e. The number of carbonyl (C=O) groups is 1. The number of carboxylic acids is 1. The monoisotopic (exact) mass is 328 g/mol. The zero-order valence-corrected chi connectivity index (χ0v) is 13.7. The molecule has 25 heavy (non-hydrogen) atoms. The summed E-state index contributed by atoms with van der Waals surface area (Å²) in [7, 11) is 0. The summed E-state index contributed by atoms with van der Waals surface area (Å²) in [4.78, 5) is 11.9. The van der Waals surface area contributed by atoms with E-state index in [2.05, 4.69) is 25.1 Å². The Balaban J connectivity index is 2.01. The van der Waals surface area contributed by atoms with Crippen LogP contribution < -0.4 is 4.74 Å². The number of carboxylic acid groups (broad SMARTS) is 1. The maximum atomic E-state index is 11.9. The van der Waals surface area contributed by atoms with Gasteiger partial charge in [-0.3, -0.25) is 0 Å². The predicted octanol–water partition coefficient (Wildman–Crippen LogP) is 4.83. The Kier molecular flexibility index (Phi) is 2.84. The van der Waals surface area contributed by atoms with Crippen molar-refractivity contribution in [3.8, 4) is 16.9 Å². The van der Waals surface area contributed by atoms with Gasteiger partial charge in [-0.1, -0.05) is 55.5 Å². The largest absolute Gasteiger partial charge is 0.488 e. The summed E-state index contributed by atoms with van der Waals surface area (Å²) >= 11 is 0. The van der Waals surface area contributed by atoms with Crippen molar-refractivity contribution in [3.63, 3.8) is 0 Å². The van der Waals surface area contributed by atoms with E-state index in [1.165, 1.54) is 11.1 Å². The lowest BCUT2D eigenvalue weighted by Gasteiger charge is -2.24. The number of fused-ring (bicyclic) bond motifs is 8. The van der Waals surface area contributed by atoms with Crippen LogP contribution in [0.3, 0.4) is 0 Å². The van der Waals surface area contributed by atoms with Crippen molar-refractivity contribution in [1.82, 2.24) is 0 Å². The van der Waals surface area contributed by atoms with Crippen molar-refractivity contribution >= 4 is 22.3 Å². The Labute approximate surface area is 145 Å². The molecule has 0 saturated heterocycles. The lowest BCUT2D eigenvalue weighted by molar-refractivity contribution is -0.130. The molecule has 3 aromatic carbocycles. The fourth-order valence-electron chi connectivity index (χ4n) is 4.33. The molecule has 3 aromatic rings. The molecule has 3 nitrogen and oxygen atoms in total. The number of rotatable bonds is 1. The Morgan fingerprint density at radius 1 is 1.04 bits per heavy atom. The highest BCUT2D eigenvalue weighted by Crippen LogP contribution is 2.54. The molecule has 0 fully saturated rings. The van der Waals surface area contributed by atoms with E-state index in [9.17, 15) is 9.90 Å². The average Bonchev–Trinajstić information content (AvgIpc) is 2.95. The minimum absolute atomic E-state index is 0.133. The summed E-state index contributed by atoms with van der Waals surface area (Å²) in [6.45, 7) is 2.44. The van der Waals surface area contributed by atoms with Crippen LogP contribution >= 0.6 is 0 Å². The van der Waals surface area contributed by atoms with Gasteiger partial charge in [-0.2, -0.15) is 0 Å². The molecule has 2 aliphatic rings. The van der Waals surface area contributed by atoms with Gasteiger partial charge in [0.15, 0.2) is 0 Å². The van der Waals surface area contributed by atoms with Crippen molar-refractivity contribution in [3.05, 3.63) is 71.3 Å². The van der Waals surface area contributed by atoms with E-state index in [1.807, 2.05) is 30.3 Å². The molecule has 0 bridgehead atoms. The molecule has 1 heterocycles. The third-order valence-corrected chi connectivity index (χ3v) is 5.35. The molecule has 0 saturated carbocycles. The first kappa shape index (κ1) is 14.3. The Morgan fingerprint density at radius 3 is 2.56 bits per heavy atom. The van der Waals surface area contributed by atoms with Crippen LogP contribution in [0.4, 0.5) is 0 Å². The summed E-state index contributed by atoms with van der Waals surface area (Å²) in [6, 6.07) is 16.5. The molecule has 0 radical (unpaired) electrons. The van der Waals surface area contributed by atoms with Crippen molar-refractivity contribution in [2.75, 3.05) is 6.61 Å². The Morgan fingerprint density at radius 2 is 1.76 bits per heavy atom. The number of ether oxygens (including phenoxy) is 1. The highest BCUT2D eigenvalue weighted by atomic mass is 16.5. The second kappa shape index (κ2) is 4.96. The number of hydrogen-bond acceptors (Lipinski definition) is 2. The molecule has 1 unspecified atom stereocenters. The predicted molar refractivity (Wildman–Crippen MR) is 98.0 cm³/mol. The van der Waals surface area contributed by atoms with Crippen molar-refractivity contribution < 1.29 is 14.6 Å². The number of benzene rings is 3. The molecule has 0 spiro atoms. The summed E-state index contributed by atoms with van der Waals surface area (Å²) in [6.07, 6.45) is 1.68. The summed E-state index contributed by atoms with van der Waals surface area (Å²) in [5.74, 6) is -0.0619. The van der Waals surface area contributed by atoms with Gasteiger partial charge in [0.2, 0.25) is 0 Å². The van der Waals surface area contributed by atoms with Gasteiger partial charge in [0.05, 0.1) is 5.57 Å². The van der Waals surface area contributed by atoms with Crippen LogP contribution in [0.15, 0.2) is 54.6 Å². The zero-order chi connectivity index (χ0) is 17.1. The molecule has 122 valence electrons. The zero-order valence-electron chi connectivity index (χ0n) is 13.7. The highest BCUT2D eigenvalue weighted by molar-refractivity contribution is 6.21. The average molecular weight is 328 g/mol. The summed E-state index contributed by atoms with van der Waals surface area (Å²) in [5, 5.41) is 11.9. The van der Waals surface area contributed by atoms with E-state index < -0.39 is 5.97 Å². The van der Waals surface area contributed by atoms with E-state index in [1.54, 1.807) is 6.08 Å². The summed E-state index contributed by atoms with van der Waals surface area (Å²) < 4.78 is 5.95. The molecule has 0 aromatic heterocycles. The molecule has 1 atom stereocenters.